The van der Waals surface area contributed by atoms with Crippen LogP contribution in [0, 0.1) is 5.41 Å². The van der Waals surface area contributed by atoms with Crippen molar-refractivity contribution in [3.63, 3.8) is 0 Å². The second-order valence-electron chi connectivity index (χ2n) is 6.77. The molecule has 0 amide bonds. The third-order valence-electron chi connectivity index (χ3n) is 4.70. The molecule has 0 aliphatic heterocycles. The number of rotatable bonds is 6. The van der Waals surface area contributed by atoms with E-state index in [-0.39, 0.29) is 5.60 Å². The number of hydrogen-bond donors (Lipinski definition) is 1. The standard InChI is InChI=1S/C16H31NO/c1-13(2)7-8-14(17-5)16(18-6)11-9-15(3,4)10-12-16/h14,17H,1,7-12H2,2-6H3. The Morgan fingerprint density at radius 1 is 1.28 bits per heavy atom. The fourth-order valence-electron chi connectivity index (χ4n) is 3.11. The smallest absolute Gasteiger partial charge is 0.0831 e. The van der Waals surface area contributed by atoms with E-state index in [1.165, 1.54) is 18.4 Å². The van der Waals surface area contributed by atoms with Crippen LogP contribution >= 0.6 is 0 Å². The van der Waals surface area contributed by atoms with Gasteiger partial charge in [0.15, 0.2) is 0 Å². The number of hydrogen-bond acceptors (Lipinski definition) is 2. The molecule has 1 unspecified atom stereocenters. The van der Waals surface area contributed by atoms with Gasteiger partial charge >= 0.3 is 0 Å². The van der Waals surface area contributed by atoms with E-state index in [1.54, 1.807) is 0 Å². The van der Waals surface area contributed by atoms with Gasteiger partial charge in [-0.15, -0.1) is 6.58 Å². The maximum Gasteiger partial charge on any atom is 0.0831 e. The summed E-state index contributed by atoms with van der Waals surface area (Å²) in [6.07, 6.45) is 7.05. The van der Waals surface area contributed by atoms with E-state index in [0.717, 1.165) is 25.7 Å². The summed E-state index contributed by atoms with van der Waals surface area (Å²) in [6.45, 7) is 10.9. The van der Waals surface area contributed by atoms with Gasteiger partial charge in [0.25, 0.3) is 0 Å². The summed E-state index contributed by atoms with van der Waals surface area (Å²) in [5, 5.41) is 3.48. The van der Waals surface area contributed by atoms with Gasteiger partial charge in [-0.25, -0.2) is 0 Å². The van der Waals surface area contributed by atoms with E-state index in [2.05, 4.69) is 39.7 Å². The average Bonchev–Trinajstić information content (AvgIpc) is 2.31. The van der Waals surface area contributed by atoms with Gasteiger partial charge < -0.3 is 10.1 Å². The van der Waals surface area contributed by atoms with Crippen LogP contribution in [0.25, 0.3) is 0 Å². The summed E-state index contributed by atoms with van der Waals surface area (Å²) >= 11 is 0. The normalized spacial score (nSPS) is 23.6. The van der Waals surface area contributed by atoms with Gasteiger partial charge in [-0.1, -0.05) is 19.4 Å². The van der Waals surface area contributed by atoms with Crippen molar-refractivity contribution in [2.45, 2.75) is 70.9 Å². The maximum atomic E-state index is 5.97. The maximum absolute atomic E-state index is 5.97. The van der Waals surface area contributed by atoms with E-state index >= 15 is 0 Å². The summed E-state index contributed by atoms with van der Waals surface area (Å²) in [5.41, 5.74) is 1.77. The molecule has 1 rings (SSSR count). The van der Waals surface area contributed by atoms with Gasteiger partial charge in [-0.3, -0.25) is 0 Å². The van der Waals surface area contributed by atoms with Gasteiger partial charge in [0, 0.05) is 13.2 Å². The zero-order valence-electron chi connectivity index (χ0n) is 12.9. The Balaban J connectivity index is 2.70. The van der Waals surface area contributed by atoms with Crippen LogP contribution in [-0.4, -0.2) is 25.8 Å². The molecule has 1 N–H and O–H groups in total. The molecular weight excluding hydrogens is 222 g/mol. The van der Waals surface area contributed by atoms with Gasteiger partial charge in [0.1, 0.15) is 0 Å². The average molecular weight is 253 g/mol. The topological polar surface area (TPSA) is 21.3 Å². The molecule has 18 heavy (non-hydrogen) atoms. The predicted octanol–water partition coefficient (Wildman–Crippen LogP) is 3.92. The molecule has 0 aromatic carbocycles. The van der Waals surface area contributed by atoms with E-state index in [0.29, 0.717) is 11.5 Å². The highest BCUT2D eigenvalue weighted by atomic mass is 16.5. The second-order valence-corrected chi connectivity index (χ2v) is 6.77. The van der Waals surface area contributed by atoms with Crippen LogP contribution in [0.4, 0.5) is 0 Å². The highest BCUT2D eigenvalue weighted by Crippen LogP contribution is 2.44. The van der Waals surface area contributed by atoms with Crippen LogP contribution in [-0.2, 0) is 4.74 Å². The Morgan fingerprint density at radius 3 is 2.22 bits per heavy atom. The summed E-state index contributed by atoms with van der Waals surface area (Å²) in [6, 6.07) is 0.440. The van der Waals surface area contributed by atoms with Crippen LogP contribution in [0.1, 0.15) is 59.3 Å². The number of likely N-dealkylation sites (N-methyl/N-ethyl adjacent to an activating group) is 1. The summed E-state index contributed by atoms with van der Waals surface area (Å²) in [4.78, 5) is 0. The third kappa shape index (κ3) is 3.83. The van der Waals surface area contributed by atoms with Crippen molar-refractivity contribution in [2.24, 2.45) is 5.41 Å². The molecule has 1 fully saturated rings. The van der Waals surface area contributed by atoms with Crippen molar-refractivity contribution >= 4 is 0 Å². The molecule has 1 aliphatic carbocycles. The quantitative estimate of drug-likeness (QED) is 0.725. The largest absolute Gasteiger partial charge is 0.377 e. The van der Waals surface area contributed by atoms with Crippen molar-refractivity contribution in [3.05, 3.63) is 12.2 Å². The van der Waals surface area contributed by atoms with Crippen molar-refractivity contribution in [1.82, 2.24) is 5.32 Å². The lowest BCUT2D eigenvalue weighted by molar-refractivity contribution is -0.0863. The minimum absolute atomic E-state index is 0.0275. The summed E-state index contributed by atoms with van der Waals surface area (Å²) in [5.74, 6) is 0. The van der Waals surface area contributed by atoms with Crippen LogP contribution in [0.2, 0.25) is 0 Å². The van der Waals surface area contributed by atoms with Gasteiger partial charge in [0.05, 0.1) is 5.60 Å². The zero-order valence-corrected chi connectivity index (χ0v) is 12.9. The Hall–Kier alpha value is -0.340. The molecule has 106 valence electrons. The molecule has 0 aromatic heterocycles. The first-order valence-electron chi connectivity index (χ1n) is 7.22. The molecule has 2 heteroatoms. The van der Waals surface area contributed by atoms with Crippen molar-refractivity contribution in [1.29, 1.82) is 0 Å². The van der Waals surface area contributed by atoms with Gasteiger partial charge in [-0.2, -0.15) is 0 Å². The molecule has 0 radical (unpaired) electrons. The molecule has 0 heterocycles. The fourth-order valence-corrected chi connectivity index (χ4v) is 3.11. The molecular formula is C16H31NO. The van der Waals surface area contributed by atoms with E-state index in [1.807, 2.05) is 7.11 Å². The first-order valence-corrected chi connectivity index (χ1v) is 7.22. The van der Waals surface area contributed by atoms with Crippen LogP contribution in [0.3, 0.4) is 0 Å². The number of allylic oxidation sites excluding steroid dienone is 1. The van der Waals surface area contributed by atoms with E-state index < -0.39 is 0 Å². The number of methoxy groups -OCH3 is 1. The van der Waals surface area contributed by atoms with Crippen molar-refractivity contribution in [3.8, 4) is 0 Å². The molecule has 0 spiro atoms. The fraction of sp³-hybridized carbons (Fsp3) is 0.875. The van der Waals surface area contributed by atoms with Crippen molar-refractivity contribution in [2.75, 3.05) is 14.2 Å². The highest BCUT2D eigenvalue weighted by Gasteiger charge is 2.43. The third-order valence-corrected chi connectivity index (χ3v) is 4.70. The van der Waals surface area contributed by atoms with Crippen LogP contribution in [0.5, 0.6) is 0 Å². The molecule has 0 bridgehead atoms. The molecule has 0 aromatic rings. The Kier molecular flexibility index (Phi) is 5.42. The van der Waals surface area contributed by atoms with Crippen LogP contribution < -0.4 is 5.32 Å². The monoisotopic (exact) mass is 253 g/mol. The molecule has 1 atom stereocenters. The lowest BCUT2D eigenvalue weighted by atomic mass is 9.67. The molecule has 2 nitrogen and oxygen atoms in total. The number of ether oxygens (including phenoxy) is 1. The van der Waals surface area contributed by atoms with Crippen LogP contribution in [0.15, 0.2) is 12.2 Å². The first-order chi connectivity index (χ1) is 8.35. The Morgan fingerprint density at radius 2 is 1.83 bits per heavy atom. The van der Waals surface area contributed by atoms with E-state index in [9.17, 15) is 0 Å². The summed E-state index contributed by atoms with van der Waals surface area (Å²) < 4.78 is 5.97. The first kappa shape index (κ1) is 15.7. The summed E-state index contributed by atoms with van der Waals surface area (Å²) in [7, 11) is 3.94. The predicted molar refractivity (Wildman–Crippen MR) is 78.9 cm³/mol. The zero-order chi connectivity index (χ0) is 13.8. The van der Waals surface area contributed by atoms with Gasteiger partial charge in [-0.05, 0) is 57.9 Å². The SMILES string of the molecule is C=C(C)CCC(NC)C1(OC)CCC(C)(C)CC1. The van der Waals surface area contributed by atoms with Crippen molar-refractivity contribution < 1.29 is 4.74 Å². The molecule has 1 saturated carbocycles. The number of nitrogens with one attached hydrogen (secondary N) is 1. The highest BCUT2D eigenvalue weighted by molar-refractivity contribution is 5.00. The molecule has 0 saturated heterocycles. The second kappa shape index (κ2) is 6.21. The van der Waals surface area contributed by atoms with E-state index in [4.69, 9.17) is 4.74 Å². The molecule has 1 aliphatic rings. The minimum Gasteiger partial charge on any atom is -0.377 e. The minimum atomic E-state index is 0.0275. The Labute approximate surface area is 113 Å². The van der Waals surface area contributed by atoms with Gasteiger partial charge in [0.2, 0.25) is 0 Å². The Bertz CT molecular complexity index is 273. The lowest BCUT2D eigenvalue weighted by Gasteiger charge is -2.47. The lowest BCUT2D eigenvalue weighted by Crippen LogP contribution is -2.53.